The summed E-state index contributed by atoms with van der Waals surface area (Å²) in [5.41, 5.74) is 0.948. The maximum absolute atomic E-state index is 12.8. The van der Waals surface area contributed by atoms with Crippen LogP contribution in [-0.2, 0) is 4.74 Å². The zero-order chi connectivity index (χ0) is 18.4. The van der Waals surface area contributed by atoms with E-state index in [1.54, 1.807) is 18.3 Å². The molecule has 6 nitrogen and oxygen atoms in total. The van der Waals surface area contributed by atoms with Gasteiger partial charge >= 0.3 is 0 Å². The van der Waals surface area contributed by atoms with E-state index < -0.39 is 0 Å². The van der Waals surface area contributed by atoms with Crippen LogP contribution in [0, 0.1) is 6.92 Å². The second-order valence-corrected chi connectivity index (χ2v) is 7.24. The third-order valence-corrected chi connectivity index (χ3v) is 5.50. The predicted octanol–water partition coefficient (Wildman–Crippen LogP) is 3.71. The number of fused-ring (bicyclic) bond motifs is 1. The summed E-state index contributed by atoms with van der Waals surface area (Å²) in [7, 11) is 3.55. The standard InChI is InChI=1S/C18H28N4O2S/c1-6-8-9-22(4)18(23)15-12(3)14-16(19-11-20-17(14)25-15)21-13(7-2)10-24-5/h11,13H,6-10H2,1-5H3,(H,19,20,21)/t13-/m0/s1. The first-order chi connectivity index (χ1) is 12.0. The van der Waals surface area contributed by atoms with Gasteiger partial charge in [0.25, 0.3) is 5.91 Å². The van der Waals surface area contributed by atoms with Crippen LogP contribution in [0.1, 0.15) is 48.3 Å². The van der Waals surface area contributed by atoms with Crippen molar-refractivity contribution in [2.75, 3.05) is 32.6 Å². The highest BCUT2D eigenvalue weighted by molar-refractivity contribution is 7.20. The molecule has 138 valence electrons. The molecule has 0 bridgehead atoms. The molecule has 0 aliphatic rings. The quantitative estimate of drug-likeness (QED) is 0.735. The number of amides is 1. The number of hydrogen-bond acceptors (Lipinski definition) is 6. The summed E-state index contributed by atoms with van der Waals surface area (Å²) in [5, 5.41) is 4.37. The number of ether oxygens (including phenoxy) is 1. The molecule has 1 amide bonds. The summed E-state index contributed by atoms with van der Waals surface area (Å²) in [6, 6.07) is 0.175. The van der Waals surface area contributed by atoms with Gasteiger partial charge in [0.05, 0.1) is 22.9 Å². The Morgan fingerprint density at radius 2 is 2.16 bits per heavy atom. The monoisotopic (exact) mass is 364 g/mol. The maximum Gasteiger partial charge on any atom is 0.264 e. The fourth-order valence-electron chi connectivity index (χ4n) is 2.71. The molecule has 0 saturated heterocycles. The minimum absolute atomic E-state index is 0.0591. The van der Waals surface area contributed by atoms with Crippen LogP contribution >= 0.6 is 11.3 Å². The number of methoxy groups -OCH3 is 1. The topological polar surface area (TPSA) is 67.4 Å². The fourth-order valence-corrected chi connectivity index (χ4v) is 3.85. The first-order valence-corrected chi connectivity index (χ1v) is 9.60. The third-order valence-electron chi connectivity index (χ3n) is 4.32. The number of nitrogens with one attached hydrogen (secondary N) is 1. The number of thiophene rings is 1. The smallest absolute Gasteiger partial charge is 0.264 e. The summed E-state index contributed by atoms with van der Waals surface area (Å²) >= 11 is 1.44. The lowest BCUT2D eigenvalue weighted by atomic mass is 10.1. The van der Waals surface area contributed by atoms with E-state index in [9.17, 15) is 4.79 Å². The molecular formula is C18H28N4O2S. The van der Waals surface area contributed by atoms with Crippen LogP contribution < -0.4 is 5.32 Å². The van der Waals surface area contributed by atoms with Gasteiger partial charge in [0.1, 0.15) is 17.0 Å². The number of hydrogen-bond donors (Lipinski definition) is 1. The minimum atomic E-state index is 0.0591. The molecule has 0 fully saturated rings. The van der Waals surface area contributed by atoms with Crippen molar-refractivity contribution >= 4 is 33.3 Å². The van der Waals surface area contributed by atoms with Crippen molar-refractivity contribution in [1.29, 1.82) is 0 Å². The summed E-state index contributed by atoms with van der Waals surface area (Å²) in [6.45, 7) is 7.59. The fraction of sp³-hybridized carbons (Fsp3) is 0.611. The van der Waals surface area contributed by atoms with Crippen LogP contribution in [0.15, 0.2) is 6.33 Å². The number of nitrogens with zero attached hydrogens (tertiary/aromatic N) is 3. The van der Waals surface area contributed by atoms with E-state index in [-0.39, 0.29) is 11.9 Å². The predicted molar refractivity (Wildman–Crippen MR) is 104 cm³/mol. The number of carbonyl (C=O) groups is 1. The zero-order valence-electron chi connectivity index (χ0n) is 15.8. The Balaban J connectivity index is 2.35. The second-order valence-electron chi connectivity index (χ2n) is 6.24. The van der Waals surface area contributed by atoms with E-state index in [1.165, 1.54) is 11.3 Å². The molecule has 0 aromatic carbocycles. The van der Waals surface area contributed by atoms with Crippen LogP contribution in [0.4, 0.5) is 5.82 Å². The van der Waals surface area contributed by atoms with E-state index in [0.29, 0.717) is 6.61 Å². The SMILES string of the molecule is CCCCN(C)C(=O)c1sc2ncnc(N[C@@H](CC)COC)c2c1C. The number of rotatable bonds is 9. The first-order valence-electron chi connectivity index (χ1n) is 8.78. The lowest BCUT2D eigenvalue weighted by Gasteiger charge is -2.17. The van der Waals surface area contributed by atoms with Gasteiger partial charge in [-0.15, -0.1) is 11.3 Å². The molecule has 1 N–H and O–H groups in total. The summed E-state index contributed by atoms with van der Waals surface area (Å²) in [4.78, 5) is 24.9. The highest BCUT2D eigenvalue weighted by Crippen LogP contribution is 2.34. The van der Waals surface area contributed by atoms with Crippen molar-refractivity contribution in [2.45, 2.75) is 46.1 Å². The lowest BCUT2D eigenvalue weighted by molar-refractivity contribution is 0.0797. The largest absolute Gasteiger partial charge is 0.383 e. The molecule has 2 aromatic rings. The highest BCUT2D eigenvalue weighted by Gasteiger charge is 2.22. The normalized spacial score (nSPS) is 12.4. The van der Waals surface area contributed by atoms with Crippen molar-refractivity contribution in [1.82, 2.24) is 14.9 Å². The molecule has 1 atom stereocenters. The molecular weight excluding hydrogens is 336 g/mol. The maximum atomic E-state index is 12.8. The molecule has 2 aromatic heterocycles. The van der Waals surface area contributed by atoms with Crippen molar-refractivity contribution in [3.05, 3.63) is 16.8 Å². The van der Waals surface area contributed by atoms with Gasteiger partial charge in [-0.2, -0.15) is 0 Å². The van der Waals surface area contributed by atoms with Crippen molar-refractivity contribution in [3.8, 4) is 0 Å². The molecule has 0 unspecified atom stereocenters. The van der Waals surface area contributed by atoms with Crippen molar-refractivity contribution < 1.29 is 9.53 Å². The van der Waals surface area contributed by atoms with Gasteiger partial charge < -0.3 is 15.0 Å². The Morgan fingerprint density at radius 3 is 2.80 bits per heavy atom. The van der Waals surface area contributed by atoms with Gasteiger partial charge in [-0.05, 0) is 25.3 Å². The molecule has 25 heavy (non-hydrogen) atoms. The number of anilines is 1. The Kier molecular flexibility index (Phi) is 7.13. The van der Waals surface area contributed by atoms with Gasteiger partial charge in [-0.25, -0.2) is 9.97 Å². The molecule has 0 radical (unpaired) electrons. The van der Waals surface area contributed by atoms with Crippen molar-refractivity contribution in [2.24, 2.45) is 0 Å². The van der Waals surface area contributed by atoms with E-state index in [2.05, 4.69) is 29.1 Å². The minimum Gasteiger partial charge on any atom is -0.383 e. The summed E-state index contributed by atoms with van der Waals surface area (Å²) in [5.74, 6) is 0.835. The van der Waals surface area contributed by atoms with Crippen LogP contribution in [0.3, 0.4) is 0 Å². The van der Waals surface area contributed by atoms with E-state index >= 15 is 0 Å². The molecule has 0 spiro atoms. The molecule has 0 aliphatic carbocycles. The van der Waals surface area contributed by atoms with Crippen LogP contribution in [0.2, 0.25) is 0 Å². The van der Waals surface area contributed by atoms with E-state index in [0.717, 1.165) is 52.3 Å². The lowest BCUT2D eigenvalue weighted by Crippen LogP contribution is -2.27. The molecule has 2 rings (SSSR count). The third kappa shape index (κ3) is 4.46. The van der Waals surface area contributed by atoms with Gasteiger partial charge in [0.15, 0.2) is 0 Å². The van der Waals surface area contributed by atoms with Gasteiger partial charge in [-0.1, -0.05) is 20.3 Å². The molecule has 2 heterocycles. The van der Waals surface area contributed by atoms with Crippen molar-refractivity contribution in [3.63, 3.8) is 0 Å². The average molecular weight is 365 g/mol. The Hall–Kier alpha value is -1.73. The van der Waals surface area contributed by atoms with Gasteiger partial charge in [-0.3, -0.25) is 4.79 Å². The van der Waals surface area contributed by atoms with Crippen LogP contribution in [0.25, 0.3) is 10.2 Å². The summed E-state index contributed by atoms with van der Waals surface area (Å²) in [6.07, 6.45) is 4.55. The molecule has 0 saturated carbocycles. The Bertz CT molecular complexity index is 716. The van der Waals surface area contributed by atoms with E-state index in [1.807, 2.05) is 14.0 Å². The van der Waals surface area contributed by atoms with Crippen LogP contribution in [-0.4, -0.2) is 54.1 Å². The second kappa shape index (κ2) is 9.10. The van der Waals surface area contributed by atoms with Gasteiger partial charge in [0.2, 0.25) is 0 Å². The highest BCUT2D eigenvalue weighted by atomic mass is 32.1. The van der Waals surface area contributed by atoms with Gasteiger partial charge in [0, 0.05) is 20.7 Å². The molecule has 7 heteroatoms. The first kappa shape index (κ1) is 19.6. The number of aromatic nitrogens is 2. The van der Waals surface area contributed by atoms with E-state index in [4.69, 9.17) is 4.74 Å². The number of aryl methyl sites for hydroxylation is 1. The summed E-state index contributed by atoms with van der Waals surface area (Å²) < 4.78 is 5.26. The molecule has 0 aliphatic heterocycles. The Morgan fingerprint density at radius 1 is 1.40 bits per heavy atom. The Labute approximate surface area is 153 Å². The van der Waals surface area contributed by atoms with Crippen LogP contribution in [0.5, 0.6) is 0 Å². The number of carbonyl (C=O) groups excluding carboxylic acids is 1. The number of unbranched alkanes of at least 4 members (excludes halogenated alkanes) is 1. The average Bonchev–Trinajstić information content (AvgIpc) is 2.96. The zero-order valence-corrected chi connectivity index (χ0v) is 16.6.